The Kier molecular flexibility index (Phi) is 9.00. The van der Waals surface area contributed by atoms with E-state index in [1.165, 1.54) is 0 Å². The van der Waals surface area contributed by atoms with Crippen LogP contribution in [0.4, 0.5) is 0 Å². The maximum absolute atomic E-state index is 14.0. The zero-order valence-corrected chi connectivity index (χ0v) is 23.8. The van der Waals surface area contributed by atoms with Crippen molar-refractivity contribution in [2.24, 2.45) is 0 Å². The van der Waals surface area contributed by atoms with Gasteiger partial charge in [-0.25, -0.2) is 4.79 Å². The van der Waals surface area contributed by atoms with Crippen molar-refractivity contribution in [3.63, 3.8) is 0 Å². The van der Waals surface area contributed by atoms with Crippen molar-refractivity contribution in [2.45, 2.75) is 71.3 Å². The molecule has 2 aromatic rings. The fraction of sp³-hybridized carbons (Fsp3) is 0.438. The number of ketones is 1. The van der Waals surface area contributed by atoms with Gasteiger partial charge in [-0.3, -0.25) is 4.79 Å². The van der Waals surface area contributed by atoms with Gasteiger partial charge in [-0.05, 0) is 63.3 Å². The Morgan fingerprint density at radius 1 is 1.03 bits per heavy atom. The third kappa shape index (κ3) is 5.97. The Bertz CT molecular complexity index is 1290. The molecule has 1 N–H and O–H groups in total. The molecule has 0 fully saturated rings. The van der Waals surface area contributed by atoms with E-state index in [0.717, 1.165) is 29.7 Å². The standard InChI is InChI=1S/C32H39NO6/c1-7-8-15-38-32(35)29-20(4)33-24-16-22(21-13-14-27(36-5)28(18-21)37-6)17-25(34)31(24)30(29)23-11-9-10-12-26(23)39-19(2)3/h9-14,18-19,22,30,33H,7-8,15-17H2,1-6H3/t22-,30-/m1/s1. The number of nitrogens with one attached hydrogen (secondary N) is 1. The first-order valence-electron chi connectivity index (χ1n) is 13.7. The second-order valence-corrected chi connectivity index (χ2v) is 10.3. The minimum absolute atomic E-state index is 0.000701. The number of dihydropyridines is 1. The molecule has 0 amide bonds. The van der Waals surface area contributed by atoms with Crippen molar-refractivity contribution >= 4 is 11.8 Å². The molecule has 1 aliphatic carbocycles. The highest BCUT2D eigenvalue weighted by molar-refractivity contribution is 6.04. The van der Waals surface area contributed by atoms with Crippen LogP contribution in [0.15, 0.2) is 65.0 Å². The first-order chi connectivity index (χ1) is 18.8. The summed E-state index contributed by atoms with van der Waals surface area (Å²) < 4.78 is 22.7. The van der Waals surface area contributed by atoms with E-state index in [2.05, 4.69) is 12.2 Å². The topological polar surface area (TPSA) is 83.1 Å². The van der Waals surface area contributed by atoms with Crippen LogP contribution < -0.4 is 19.5 Å². The number of rotatable bonds is 10. The molecule has 39 heavy (non-hydrogen) atoms. The number of carbonyl (C=O) groups is 2. The van der Waals surface area contributed by atoms with Gasteiger partial charge in [0.2, 0.25) is 0 Å². The molecule has 0 spiro atoms. The summed E-state index contributed by atoms with van der Waals surface area (Å²) in [5, 5.41) is 3.42. The van der Waals surface area contributed by atoms with E-state index in [1.807, 2.05) is 63.2 Å². The number of unbranched alkanes of at least 4 members (excludes halogenated alkanes) is 1. The second-order valence-electron chi connectivity index (χ2n) is 10.3. The van der Waals surface area contributed by atoms with Crippen molar-refractivity contribution in [2.75, 3.05) is 20.8 Å². The van der Waals surface area contributed by atoms with Gasteiger partial charge in [0.25, 0.3) is 0 Å². The van der Waals surface area contributed by atoms with Gasteiger partial charge in [-0.15, -0.1) is 0 Å². The van der Waals surface area contributed by atoms with Crippen LogP contribution >= 0.6 is 0 Å². The molecule has 2 aliphatic rings. The van der Waals surface area contributed by atoms with E-state index in [-0.39, 0.29) is 17.8 Å². The number of ether oxygens (including phenoxy) is 4. The van der Waals surface area contributed by atoms with Gasteiger partial charge in [0.1, 0.15) is 5.75 Å². The Labute approximate surface area is 231 Å². The van der Waals surface area contributed by atoms with Crippen molar-refractivity contribution < 1.29 is 28.5 Å². The van der Waals surface area contributed by atoms with Gasteiger partial charge >= 0.3 is 5.97 Å². The minimum atomic E-state index is -0.579. The molecule has 0 bridgehead atoms. The third-order valence-electron chi connectivity index (χ3n) is 7.25. The molecule has 0 unspecified atom stereocenters. The molecule has 2 atom stereocenters. The van der Waals surface area contributed by atoms with Crippen LogP contribution in [0.1, 0.15) is 76.3 Å². The summed E-state index contributed by atoms with van der Waals surface area (Å²) >= 11 is 0. The molecule has 7 nitrogen and oxygen atoms in total. The SMILES string of the molecule is CCCCOC(=O)C1=C(C)NC2=C(C(=O)C[C@H](c3ccc(OC)c(OC)c3)C2)[C@@H]1c1ccccc1OC(C)C. The number of hydrogen-bond acceptors (Lipinski definition) is 7. The smallest absolute Gasteiger partial charge is 0.336 e. The number of benzene rings is 2. The normalized spacial score (nSPS) is 19.0. The number of para-hydroxylation sites is 1. The van der Waals surface area contributed by atoms with Gasteiger partial charge in [-0.2, -0.15) is 0 Å². The first-order valence-corrected chi connectivity index (χ1v) is 13.7. The molecule has 1 aliphatic heterocycles. The predicted octanol–water partition coefficient (Wildman–Crippen LogP) is 6.20. The molecule has 7 heteroatoms. The summed E-state index contributed by atoms with van der Waals surface area (Å²) in [5.74, 6) is 0.906. The van der Waals surface area contributed by atoms with Crippen LogP contribution in [0.25, 0.3) is 0 Å². The van der Waals surface area contributed by atoms with Crippen molar-refractivity contribution in [1.82, 2.24) is 5.32 Å². The quantitative estimate of drug-likeness (QED) is 0.288. The van der Waals surface area contributed by atoms with Gasteiger partial charge in [-0.1, -0.05) is 37.6 Å². The van der Waals surface area contributed by atoms with Gasteiger partial charge < -0.3 is 24.3 Å². The van der Waals surface area contributed by atoms with E-state index in [1.54, 1.807) is 14.2 Å². The highest BCUT2D eigenvalue weighted by Gasteiger charge is 2.42. The van der Waals surface area contributed by atoms with E-state index < -0.39 is 11.9 Å². The maximum atomic E-state index is 14.0. The molecule has 0 saturated carbocycles. The molecule has 0 radical (unpaired) electrons. The maximum Gasteiger partial charge on any atom is 0.336 e. The number of Topliss-reactive ketones (excluding diaryl/α,β-unsaturated/α-hetero) is 1. The van der Waals surface area contributed by atoms with Crippen LogP contribution in [0, 0.1) is 0 Å². The number of methoxy groups -OCH3 is 2. The Balaban J connectivity index is 1.79. The van der Waals surface area contributed by atoms with E-state index in [0.29, 0.717) is 53.5 Å². The minimum Gasteiger partial charge on any atom is -0.493 e. The monoisotopic (exact) mass is 533 g/mol. The molecular weight excluding hydrogens is 494 g/mol. The fourth-order valence-electron chi connectivity index (χ4n) is 5.43. The van der Waals surface area contributed by atoms with E-state index >= 15 is 0 Å². The molecule has 208 valence electrons. The van der Waals surface area contributed by atoms with Crippen molar-refractivity contribution in [3.05, 3.63) is 76.1 Å². The molecule has 4 rings (SSSR count). The molecule has 1 heterocycles. The van der Waals surface area contributed by atoms with Crippen LogP contribution in [-0.2, 0) is 14.3 Å². The fourth-order valence-corrected chi connectivity index (χ4v) is 5.43. The summed E-state index contributed by atoms with van der Waals surface area (Å²) in [6.07, 6.45) is 2.57. The number of allylic oxidation sites excluding steroid dienone is 3. The number of hydrogen-bond donors (Lipinski definition) is 1. The summed E-state index contributed by atoms with van der Waals surface area (Å²) in [7, 11) is 3.21. The van der Waals surface area contributed by atoms with Gasteiger partial charge in [0.15, 0.2) is 17.3 Å². The van der Waals surface area contributed by atoms with Gasteiger partial charge in [0.05, 0.1) is 38.4 Å². The summed E-state index contributed by atoms with van der Waals surface area (Å²) in [6.45, 7) is 8.19. The molecular formula is C32H39NO6. The van der Waals surface area contributed by atoms with Crippen LogP contribution in [0.3, 0.4) is 0 Å². The lowest BCUT2D eigenvalue weighted by Crippen LogP contribution is -2.36. The summed E-state index contributed by atoms with van der Waals surface area (Å²) in [4.78, 5) is 27.5. The van der Waals surface area contributed by atoms with Crippen LogP contribution in [0.5, 0.6) is 17.2 Å². The van der Waals surface area contributed by atoms with E-state index in [9.17, 15) is 9.59 Å². The third-order valence-corrected chi connectivity index (χ3v) is 7.25. The van der Waals surface area contributed by atoms with Crippen molar-refractivity contribution in [3.8, 4) is 17.2 Å². The lowest BCUT2D eigenvalue weighted by Gasteiger charge is -2.37. The Morgan fingerprint density at radius 3 is 2.46 bits per heavy atom. The van der Waals surface area contributed by atoms with E-state index in [4.69, 9.17) is 18.9 Å². The Morgan fingerprint density at radius 2 is 1.77 bits per heavy atom. The molecule has 0 saturated heterocycles. The van der Waals surface area contributed by atoms with Crippen LogP contribution in [-0.4, -0.2) is 38.7 Å². The van der Waals surface area contributed by atoms with Gasteiger partial charge in [0, 0.05) is 29.0 Å². The average molecular weight is 534 g/mol. The van der Waals surface area contributed by atoms with Crippen molar-refractivity contribution in [1.29, 1.82) is 0 Å². The first kappa shape index (κ1) is 28.3. The number of carbonyl (C=O) groups excluding carboxylic acids is 2. The lowest BCUT2D eigenvalue weighted by atomic mass is 9.71. The average Bonchev–Trinajstić information content (AvgIpc) is 2.91. The highest BCUT2D eigenvalue weighted by Crippen LogP contribution is 2.48. The zero-order chi connectivity index (χ0) is 28.1. The predicted molar refractivity (Wildman–Crippen MR) is 150 cm³/mol. The number of esters is 1. The lowest BCUT2D eigenvalue weighted by molar-refractivity contribution is -0.139. The molecule has 2 aromatic carbocycles. The van der Waals surface area contributed by atoms with Crippen LogP contribution in [0.2, 0.25) is 0 Å². The Hall–Kier alpha value is -3.74. The second kappa shape index (κ2) is 12.4. The zero-order valence-electron chi connectivity index (χ0n) is 23.8. The summed E-state index contributed by atoms with van der Waals surface area (Å²) in [5.41, 5.74) is 4.39. The molecule has 0 aromatic heterocycles. The largest absolute Gasteiger partial charge is 0.493 e. The summed E-state index contributed by atoms with van der Waals surface area (Å²) in [6, 6.07) is 13.5. The highest BCUT2D eigenvalue weighted by atomic mass is 16.5.